The van der Waals surface area contributed by atoms with E-state index in [-0.39, 0.29) is 29.1 Å². The summed E-state index contributed by atoms with van der Waals surface area (Å²) >= 11 is 0. The first kappa shape index (κ1) is 24.0. The van der Waals surface area contributed by atoms with Crippen LogP contribution in [-0.4, -0.2) is 29.8 Å². The van der Waals surface area contributed by atoms with Gasteiger partial charge in [-0.25, -0.2) is 13.2 Å². The highest BCUT2D eigenvalue weighted by Gasteiger charge is 2.23. The number of carbonyl (C=O) groups is 3. The molecule has 6 nitrogen and oxygen atoms in total. The van der Waals surface area contributed by atoms with Gasteiger partial charge in [-0.1, -0.05) is 6.42 Å². The molecule has 1 aliphatic carbocycles. The molecule has 1 saturated heterocycles. The first-order chi connectivity index (χ1) is 15.8. The van der Waals surface area contributed by atoms with E-state index in [2.05, 4.69) is 15.6 Å². The Morgan fingerprint density at radius 1 is 0.939 bits per heavy atom. The summed E-state index contributed by atoms with van der Waals surface area (Å²) in [5, 5.41) is 5.22. The summed E-state index contributed by atoms with van der Waals surface area (Å²) in [6, 6.07) is 9.50. The summed E-state index contributed by atoms with van der Waals surface area (Å²) in [5.41, 5.74) is 1.58. The van der Waals surface area contributed by atoms with Crippen molar-refractivity contribution in [1.29, 1.82) is 0 Å². The molecule has 0 bridgehead atoms. The molecular weight excluding hydrogens is 435 g/mol. The molecule has 1 saturated carbocycles. The Labute approximate surface area is 188 Å². The van der Waals surface area contributed by atoms with Gasteiger partial charge in [0.25, 0.3) is 0 Å². The van der Waals surface area contributed by atoms with Gasteiger partial charge in [-0.05, 0) is 54.8 Å². The van der Waals surface area contributed by atoms with Crippen LogP contribution in [0.15, 0.2) is 42.5 Å². The van der Waals surface area contributed by atoms with E-state index in [1.54, 1.807) is 25.2 Å². The molecule has 0 unspecified atom stereocenters. The Morgan fingerprint density at radius 3 is 2.03 bits per heavy atom. The van der Waals surface area contributed by atoms with E-state index < -0.39 is 11.6 Å². The van der Waals surface area contributed by atoms with E-state index in [9.17, 15) is 27.6 Å². The van der Waals surface area contributed by atoms with Gasteiger partial charge in [-0.15, -0.1) is 0 Å². The number of imide groups is 1. The number of benzene rings is 2. The SMILES string of the molecule is CNC(=O)C1CCC1.Fc1ccc(-c2cc3cc(F)cc(F)c3[nH]2)cc1.O=C1CCC(=O)N1. The number of aromatic nitrogens is 1. The largest absolute Gasteiger partial charge is 0.359 e. The first-order valence-corrected chi connectivity index (χ1v) is 10.5. The van der Waals surface area contributed by atoms with Gasteiger partial charge in [0.15, 0.2) is 0 Å². The van der Waals surface area contributed by atoms with Gasteiger partial charge in [0.2, 0.25) is 17.7 Å². The molecule has 174 valence electrons. The average Bonchev–Trinajstić information content (AvgIpc) is 3.33. The summed E-state index contributed by atoms with van der Waals surface area (Å²) in [4.78, 5) is 33.8. The number of aromatic amines is 1. The van der Waals surface area contributed by atoms with E-state index in [4.69, 9.17) is 0 Å². The quantitative estimate of drug-likeness (QED) is 0.502. The van der Waals surface area contributed by atoms with Crippen molar-refractivity contribution in [2.24, 2.45) is 5.92 Å². The lowest BCUT2D eigenvalue weighted by Crippen LogP contribution is -2.31. The highest BCUT2D eigenvalue weighted by molar-refractivity contribution is 6.01. The molecule has 3 N–H and O–H groups in total. The van der Waals surface area contributed by atoms with E-state index in [0.29, 0.717) is 35.4 Å². The molecule has 9 heteroatoms. The maximum absolute atomic E-state index is 13.5. The fourth-order valence-corrected chi connectivity index (χ4v) is 3.33. The van der Waals surface area contributed by atoms with Crippen molar-refractivity contribution >= 4 is 28.6 Å². The van der Waals surface area contributed by atoms with Crippen LogP contribution < -0.4 is 10.6 Å². The molecule has 2 aromatic carbocycles. The summed E-state index contributed by atoms with van der Waals surface area (Å²) in [6.45, 7) is 0. The molecule has 2 fully saturated rings. The number of amides is 3. The summed E-state index contributed by atoms with van der Waals surface area (Å²) in [5.74, 6) is -1.33. The number of hydrogen-bond donors (Lipinski definition) is 3. The zero-order valence-electron chi connectivity index (χ0n) is 18.0. The number of rotatable bonds is 2. The first-order valence-electron chi connectivity index (χ1n) is 10.5. The number of H-pyrrole nitrogens is 1. The van der Waals surface area contributed by atoms with Crippen LogP contribution in [0.3, 0.4) is 0 Å². The number of carbonyl (C=O) groups excluding carboxylic acids is 3. The van der Waals surface area contributed by atoms with Crippen molar-refractivity contribution in [1.82, 2.24) is 15.6 Å². The summed E-state index contributed by atoms with van der Waals surface area (Å²) < 4.78 is 39.4. The van der Waals surface area contributed by atoms with Crippen LogP contribution in [0.5, 0.6) is 0 Å². The van der Waals surface area contributed by atoms with Crippen LogP contribution in [0.25, 0.3) is 22.2 Å². The number of fused-ring (bicyclic) bond motifs is 1. The smallest absolute Gasteiger partial charge is 0.227 e. The fourth-order valence-electron chi connectivity index (χ4n) is 3.33. The highest BCUT2D eigenvalue weighted by atomic mass is 19.1. The minimum absolute atomic E-state index is 0.148. The third kappa shape index (κ3) is 6.44. The van der Waals surface area contributed by atoms with Gasteiger partial charge in [0.1, 0.15) is 17.5 Å². The van der Waals surface area contributed by atoms with E-state index in [1.807, 2.05) is 0 Å². The topological polar surface area (TPSA) is 91.1 Å². The van der Waals surface area contributed by atoms with Gasteiger partial charge < -0.3 is 10.3 Å². The molecule has 1 aliphatic heterocycles. The number of nitrogens with one attached hydrogen (secondary N) is 3. The molecule has 3 aromatic rings. The van der Waals surface area contributed by atoms with Crippen LogP contribution in [0, 0.1) is 23.4 Å². The van der Waals surface area contributed by atoms with Crippen LogP contribution in [-0.2, 0) is 14.4 Å². The second-order valence-electron chi connectivity index (χ2n) is 7.76. The lowest BCUT2D eigenvalue weighted by molar-refractivity contribution is -0.127. The molecule has 0 radical (unpaired) electrons. The Kier molecular flexibility index (Phi) is 7.87. The summed E-state index contributed by atoms with van der Waals surface area (Å²) in [6.07, 6.45) is 4.18. The monoisotopic (exact) mass is 459 g/mol. The minimum atomic E-state index is -0.640. The van der Waals surface area contributed by atoms with Crippen LogP contribution in [0.2, 0.25) is 0 Å². The molecule has 33 heavy (non-hydrogen) atoms. The van der Waals surface area contributed by atoms with Crippen molar-refractivity contribution in [3.05, 3.63) is 59.9 Å². The molecule has 1 aromatic heterocycles. The third-order valence-corrected chi connectivity index (χ3v) is 5.38. The Balaban J connectivity index is 0.000000168. The zero-order chi connectivity index (χ0) is 24.0. The van der Waals surface area contributed by atoms with Gasteiger partial charge in [-0.2, -0.15) is 0 Å². The zero-order valence-corrected chi connectivity index (χ0v) is 18.0. The van der Waals surface area contributed by atoms with Crippen LogP contribution in [0.4, 0.5) is 13.2 Å². The second kappa shape index (κ2) is 10.8. The fraction of sp³-hybridized carbons (Fsp3) is 0.292. The van der Waals surface area contributed by atoms with Crippen molar-refractivity contribution in [2.75, 3.05) is 7.05 Å². The number of hydrogen-bond acceptors (Lipinski definition) is 3. The highest BCUT2D eigenvalue weighted by Crippen LogP contribution is 2.27. The lowest BCUT2D eigenvalue weighted by Gasteiger charge is -2.22. The predicted octanol–water partition coefficient (Wildman–Crippen LogP) is 4.21. The molecule has 5 rings (SSSR count). The molecular formula is C24H24F3N3O3. The van der Waals surface area contributed by atoms with Crippen molar-refractivity contribution in [3.63, 3.8) is 0 Å². The minimum Gasteiger partial charge on any atom is -0.359 e. The van der Waals surface area contributed by atoms with Crippen molar-refractivity contribution in [2.45, 2.75) is 32.1 Å². The van der Waals surface area contributed by atoms with E-state index in [1.165, 1.54) is 24.6 Å². The van der Waals surface area contributed by atoms with Gasteiger partial charge in [0.05, 0.1) is 5.52 Å². The van der Waals surface area contributed by atoms with Crippen molar-refractivity contribution in [3.8, 4) is 11.3 Å². The van der Waals surface area contributed by atoms with E-state index in [0.717, 1.165) is 18.9 Å². The molecule has 0 atom stereocenters. The Morgan fingerprint density at radius 2 is 1.58 bits per heavy atom. The van der Waals surface area contributed by atoms with E-state index >= 15 is 0 Å². The maximum Gasteiger partial charge on any atom is 0.227 e. The standard InChI is InChI=1S/C14H8F3N.C6H11NO.C4H5NO2/c15-10-3-1-8(2-4-10)13-6-9-5-11(16)7-12(17)14(9)18-13;1-7-6(8)5-3-2-4-5;6-3-1-2-4(7)5-3/h1-7,18H;5H,2-4H2,1H3,(H,7,8);1-2H2,(H,5,6,7). The lowest BCUT2D eigenvalue weighted by atomic mass is 9.85. The van der Waals surface area contributed by atoms with Gasteiger partial charge >= 0.3 is 0 Å². The van der Waals surface area contributed by atoms with Crippen LogP contribution in [0.1, 0.15) is 32.1 Å². The second-order valence-corrected chi connectivity index (χ2v) is 7.76. The molecule has 0 spiro atoms. The molecule has 3 amide bonds. The number of halogens is 3. The Hall–Kier alpha value is -3.62. The van der Waals surface area contributed by atoms with Gasteiger partial charge in [-0.3, -0.25) is 19.7 Å². The molecule has 2 aliphatic rings. The maximum atomic E-state index is 13.5. The van der Waals surface area contributed by atoms with Crippen molar-refractivity contribution < 1.29 is 27.6 Å². The average molecular weight is 459 g/mol. The molecule has 2 heterocycles. The normalized spacial score (nSPS) is 15.0. The van der Waals surface area contributed by atoms with Gasteiger partial charge in [0, 0.05) is 43.0 Å². The predicted molar refractivity (Wildman–Crippen MR) is 117 cm³/mol. The summed E-state index contributed by atoms with van der Waals surface area (Å²) in [7, 11) is 1.70. The van der Waals surface area contributed by atoms with Crippen LogP contribution >= 0.6 is 0 Å². The Bertz CT molecular complexity index is 1140. The third-order valence-electron chi connectivity index (χ3n) is 5.38.